The zero-order valence-electron chi connectivity index (χ0n) is 10.5. The van der Waals surface area contributed by atoms with Gasteiger partial charge in [0.25, 0.3) is 5.89 Å². The van der Waals surface area contributed by atoms with Gasteiger partial charge in [0.2, 0.25) is 5.89 Å². The number of hydrogen-bond acceptors (Lipinski definition) is 6. The summed E-state index contributed by atoms with van der Waals surface area (Å²) in [5, 5.41) is 8.15. The average molecular weight is 447 g/mol. The summed E-state index contributed by atoms with van der Waals surface area (Å²) >= 11 is 10.1. The Morgan fingerprint density at radius 1 is 1.19 bits per heavy atom. The first-order chi connectivity index (χ1) is 10.1. The van der Waals surface area contributed by atoms with Crippen LogP contribution in [0.1, 0.15) is 5.89 Å². The fourth-order valence-electron chi connectivity index (χ4n) is 1.61. The molecule has 21 heavy (non-hydrogen) atoms. The van der Waals surface area contributed by atoms with Gasteiger partial charge in [0, 0.05) is 15.1 Å². The summed E-state index contributed by atoms with van der Waals surface area (Å²) in [6.45, 7) is 0. The quantitative estimate of drug-likeness (QED) is 0.440. The molecule has 108 valence electrons. The molecule has 0 atom stereocenters. The second-order valence-corrected chi connectivity index (χ2v) is 8.42. The van der Waals surface area contributed by atoms with Crippen LogP contribution in [-0.2, 0) is 5.75 Å². The summed E-state index contributed by atoms with van der Waals surface area (Å²) in [5.74, 6) is 1.77. The van der Waals surface area contributed by atoms with Crippen LogP contribution in [0.15, 0.2) is 47.9 Å². The Morgan fingerprint density at radius 2 is 2.05 bits per heavy atom. The minimum atomic E-state index is 0.553. The van der Waals surface area contributed by atoms with Crippen molar-refractivity contribution in [2.75, 3.05) is 5.73 Å². The van der Waals surface area contributed by atoms with Gasteiger partial charge in [-0.05, 0) is 62.2 Å². The predicted octanol–water partition coefficient (Wildman–Crippen LogP) is 5.20. The van der Waals surface area contributed by atoms with E-state index in [-0.39, 0.29) is 0 Å². The normalized spacial score (nSPS) is 11.0. The lowest BCUT2D eigenvalue weighted by Gasteiger charge is -2.03. The summed E-state index contributed by atoms with van der Waals surface area (Å²) < 4.78 is 7.68. The number of halogens is 2. The minimum absolute atomic E-state index is 0.553. The second-order valence-electron chi connectivity index (χ2n) is 4.08. The number of thiophene rings is 1. The molecule has 0 saturated carbocycles. The molecule has 0 amide bonds. The molecule has 8 heteroatoms. The van der Waals surface area contributed by atoms with Gasteiger partial charge in [-0.3, -0.25) is 0 Å². The van der Waals surface area contributed by atoms with E-state index in [1.807, 2.05) is 30.3 Å². The zero-order chi connectivity index (χ0) is 14.8. The molecule has 0 aliphatic rings. The maximum absolute atomic E-state index is 5.72. The van der Waals surface area contributed by atoms with E-state index in [9.17, 15) is 0 Å². The number of thioether (sulfide) groups is 1. The molecular formula is C13H9Br2N3OS2. The molecule has 3 aromatic rings. The molecule has 0 unspecified atom stereocenters. The number of rotatable bonds is 4. The summed E-state index contributed by atoms with van der Waals surface area (Å²) in [6.07, 6.45) is 0. The molecule has 0 fully saturated rings. The highest BCUT2D eigenvalue weighted by Crippen LogP contribution is 2.33. The number of anilines is 1. The Balaban J connectivity index is 1.70. The van der Waals surface area contributed by atoms with Crippen LogP contribution < -0.4 is 5.73 Å². The number of nitrogens with two attached hydrogens (primary N) is 1. The van der Waals surface area contributed by atoms with E-state index in [1.54, 1.807) is 23.1 Å². The third-order valence-corrected chi connectivity index (χ3v) is 6.15. The summed E-state index contributed by atoms with van der Waals surface area (Å²) in [6, 6.07) is 9.64. The van der Waals surface area contributed by atoms with Gasteiger partial charge in [-0.15, -0.1) is 33.3 Å². The number of nitrogen functional groups attached to an aromatic ring is 1. The van der Waals surface area contributed by atoms with Crippen LogP contribution in [0.25, 0.3) is 10.8 Å². The van der Waals surface area contributed by atoms with E-state index in [1.165, 1.54) is 0 Å². The third kappa shape index (κ3) is 3.68. The Labute approximate surface area is 146 Å². The molecule has 3 rings (SSSR count). The van der Waals surface area contributed by atoms with Gasteiger partial charge >= 0.3 is 0 Å². The van der Waals surface area contributed by atoms with Crippen LogP contribution in [0.2, 0.25) is 0 Å². The number of hydrogen-bond donors (Lipinski definition) is 1. The first-order valence-corrected chi connectivity index (χ1v) is 9.26. The fraction of sp³-hybridized carbons (Fsp3) is 0.0769. The predicted molar refractivity (Wildman–Crippen MR) is 93.4 cm³/mol. The average Bonchev–Trinajstić information content (AvgIpc) is 3.06. The van der Waals surface area contributed by atoms with Crippen LogP contribution >= 0.6 is 55.0 Å². The lowest BCUT2D eigenvalue weighted by molar-refractivity contribution is 0.529. The Kier molecular flexibility index (Phi) is 4.68. The van der Waals surface area contributed by atoms with Crippen molar-refractivity contribution in [1.82, 2.24) is 10.2 Å². The molecule has 2 aromatic heterocycles. The third-order valence-electron chi connectivity index (χ3n) is 2.56. The van der Waals surface area contributed by atoms with Crippen molar-refractivity contribution in [3.8, 4) is 10.8 Å². The molecule has 0 radical (unpaired) electrons. The molecule has 1 aromatic carbocycles. The van der Waals surface area contributed by atoms with E-state index >= 15 is 0 Å². The molecule has 0 aliphatic carbocycles. The van der Waals surface area contributed by atoms with Gasteiger partial charge in [-0.25, -0.2) is 0 Å². The summed E-state index contributed by atoms with van der Waals surface area (Å²) in [4.78, 5) is 2.04. The van der Waals surface area contributed by atoms with E-state index in [4.69, 9.17) is 10.2 Å². The largest absolute Gasteiger partial charge is 0.419 e. The highest BCUT2D eigenvalue weighted by atomic mass is 79.9. The maximum Gasteiger partial charge on any atom is 0.257 e. The minimum Gasteiger partial charge on any atom is -0.419 e. The van der Waals surface area contributed by atoms with E-state index in [2.05, 4.69) is 42.1 Å². The Morgan fingerprint density at radius 3 is 2.76 bits per heavy atom. The summed E-state index contributed by atoms with van der Waals surface area (Å²) in [5.41, 5.74) is 6.45. The van der Waals surface area contributed by atoms with Gasteiger partial charge in [0.1, 0.15) is 0 Å². The van der Waals surface area contributed by atoms with Crippen LogP contribution in [0.4, 0.5) is 5.69 Å². The number of aromatic nitrogens is 2. The van der Waals surface area contributed by atoms with Gasteiger partial charge < -0.3 is 10.2 Å². The monoisotopic (exact) mass is 445 g/mol. The summed E-state index contributed by atoms with van der Waals surface area (Å²) in [7, 11) is 0. The van der Waals surface area contributed by atoms with Crippen LogP contribution in [0.5, 0.6) is 0 Å². The van der Waals surface area contributed by atoms with Crippen molar-refractivity contribution in [2.45, 2.75) is 10.6 Å². The first-order valence-electron chi connectivity index (χ1n) is 5.88. The van der Waals surface area contributed by atoms with Gasteiger partial charge in [-0.2, -0.15) is 0 Å². The number of nitrogens with zero attached hydrogens (tertiary/aromatic N) is 2. The fourth-order valence-corrected chi connectivity index (χ4v) is 4.42. The lowest BCUT2D eigenvalue weighted by atomic mass is 10.3. The van der Waals surface area contributed by atoms with Crippen LogP contribution in [0.3, 0.4) is 0 Å². The molecule has 4 nitrogen and oxygen atoms in total. The van der Waals surface area contributed by atoms with Crippen molar-refractivity contribution in [1.29, 1.82) is 0 Å². The molecule has 2 N–H and O–H groups in total. The highest BCUT2D eigenvalue weighted by molar-refractivity contribution is 9.11. The van der Waals surface area contributed by atoms with E-state index in [0.29, 0.717) is 17.5 Å². The molecular weight excluding hydrogens is 438 g/mol. The van der Waals surface area contributed by atoms with Crippen molar-refractivity contribution in [3.05, 3.63) is 44.5 Å². The standard InChI is InChI=1S/C13H9Br2N3OS2/c14-8-5-7(16)1-2-9(8)20-6-12-17-18-13(19-12)10-3-4-11(15)21-10/h1-5H,6,16H2. The van der Waals surface area contributed by atoms with Gasteiger partial charge in [-0.1, -0.05) is 0 Å². The van der Waals surface area contributed by atoms with Crippen LogP contribution in [0, 0.1) is 0 Å². The first kappa shape index (κ1) is 15.1. The number of benzene rings is 1. The molecule has 0 aliphatic heterocycles. The van der Waals surface area contributed by atoms with Crippen molar-refractivity contribution in [3.63, 3.8) is 0 Å². The van der Waals surface area contributed by atoms with Crippen molar-refractivity contribution in [2.24, 2.45) is 0 Å². The van der Waals surface area contributed by atoms with Crippen LogP contribution in [-0.4, -0.2) is 10.2 Å². The van der Waals surface area contributed by atoms with Gasteiger partial charge in [0.15, 0.2) is 0 Å². The molecule has 0 spiro atoms. The molecule has 0 saturated heterocycles. The second kappa shape index (κ2) is 6.51. The van der Waals surface area contributed by atoms with E-state index in [0.717, 1.165) is 23.7 Å². The van der Waals surface area contributed by atoms with Crippen molar-refractivity contribution < 1.29 is 4.42 Å². The van der Waals surface area contributed by atoms with E-state index < -0.39 is 0 Å². The maximum atomic E-state index is 5.72. The van der Waals surface area contributed by atoms with Gasteiger partial charge in [0.05, 0.1) is 14.4 Å². The Bertz CT molecular complexity index is 772. The smallest absolute Gasteiger partial charge is 0.257 e. The molecule has 2 heterocycles. The Hall–Kier alpha value is -0.830. The highest BCUT2D eigenvalue weighted by Gasteiger charge is 2.11. The molecule has 0 bridgehead atoms. The lowest BCUT2D eigenvalue weighted by Crippen LogP contribution is -1.86. The topological polar surface area (TPSA) is 64.9 Å². The van der Waals surface area contributed by atoms with Crippen molar-refractivity contribution >= 4 is 60.6 Å². The zero-order valence-corrected chi connectivity index (χ0v) is 15.4. The SMILES string of the molecule is Nc1ccc(SCc2nnc(-c3ccc(Br)s3)o2)c(Br)c1.